The largest absolute Gasteiger partial charge is 0.494 e. The van der Waals surface area contributed by atoms with Gasteiger partial charge in [-0.3, -0.25) is 9.78 Å². The average Bonchev–Trinajstić information content (AvgIpc) is 2.94. The highest BCUT2D eigenvalue weighted by molar-refractivity contribution is 5.97. The normalized spacial score (nSPS) is 14.7. The Morgan fingerprint density at radius 2 is 1.76 bits per heavy atom. The van der Waals surface area contributed by atoms with Crippen LogP contribution < -0.4 is 14.9 Å². The summed E-state index contributed by atoms with van der Waals surface area (Å²) in [5, 5.41) is 4.28. The number of fused-ring (bicyclic) bond motifs is 1. The second-order valence-corrected chi connectivity index (χ2v) is 8.30. The van der Waals surface area contributed by atoms with Gasteiger partial charge < -0.3 is 9.47 Å². The lowest BCUT2D eigenvalue weighted by atomic mass is 9.81. The molecule has 4 aromatic rings. The van der Waals surface area contributed by atoms with Gasteiger partial charge in [-0.2, -0.15) is 5.10 Å². The molecule has 1 atom stereocenters. The zero-order chi connectivity index (χ0) is 25.6. The molecule has 0 fully saturated rings. The van der Waals surface area contributed by atoms with Crippen LogP contribution in [0.3, 0.4) is 0 Å². The van der Waals surface area contributed by atoms with Crippen molar-refractivity contribution in [3.05, 3.63) is 131 Å². The minimum Gasteiger partial charge on any atom is -0.494 e. The van der Waals surface area contributed by atoms with Crippen molar-refractivity contribution < 1.29 is 18.7 Å². The smallest absolute Gasteiger partial charge is 0.271 e. The number of hydrazone groups is 1. The van der Waals surface area contributed by atoms with Gasteiger partial charge in [-0.05, 0) is 67.1 Å². The van der Waals surface area contributed by atoms with E-state index < -0.39 is 0 Å². The van der Waals surface area contributed by atoms with Crippen LogP contribution >= 0.6 is 0 Å². The van der Waals surface area contributed by atoms with Gasteiger partial charge in [0.2, 0.25) is 0 Å². The molecule has 0 radical (unpaired) electrons. The fourth-order valence-corrected chi connectivity index (χ4v) is 4.25. The summed E-state index contributed by atoms with van der Waals surface area (Å²) in [5.41, 5.74) is 6.32. The molecule has 1 amide bonds. The quantitative estimate of drug-likeness (QED) is 0.254. The Kier molecular flexibility index (Phi) is 7.03. The van der Waals surface area contributed by atoms with E-state index in [1.54, 1.807) is 42.9 Å². The number of hydrogen-bond acceptors (Lipinski definition) is 5. The molecule has 2 heterocycles. The zero-order valence-electron chi connectivity index (χ0n) is 20.1. The first-order valence-corrected chi connectivity index (χ1v) is 11.9. The third-order valence-electron chi connectivity index (χ3n) is 5.96. The number of ether oxygens (including phenoxy) is 2. The predicted molar refractivity (Wildman–Crippen MR) is 140 cm³/mol. The molecule has 6 nitrogen and oxygen atoms in total. The van der Waals surface area contributed by atoms with E-state index in [1.165, 1.54) is 12.1 Å². The van der Waals surface area contributed by atoms with Crippen LogP contribution in [-0.2, 0) is 0 Å². The predicted octanol–water partition coefficient (Wildman–Crippen LogP) is 5.97. The molecule has 1 aromatic heterocycles. The second kappa shape index (κ2) is 10.9. The van der Waals surface area contributed by atoms with E-state index in [0.29, 0.717) is 29.3 Å². The fourth-order valence-electron chi connectivity index (χ4n) is 4.25. The zero-order valence-corrected chi connectivity index (χ0v) is 20.1. The van der Waals surface area contributed by atoms with Gasteiger partial charge in [-0.15, -0.1) is 0 Å². The molecule has 0 saturated carbocycles. The molecule has 0 bridgehead atoms. The second-order valence-electron chi connectivity index (χ2n) is 8.30. The van der Waals surface area contributed by atoms with Crippen LogP contribution in [0.2, 0.25) is 0 Å². The number of carbonyl (C=O) groups is 1. The van der Waals surface area contributed by atoms with Crippen molar-refractivity contribution in [3.63, 3.8) is 0 Å². The first-order valence-electron chi connectivity index (χ1n) is 11.9. The maximum absolute atomic E-state index is 13.8. The third kappa shape index (κ3) is 5.26. The van der Waals surface area contributed by atoms with Gasteiger partial charge >= 0.3 is 0 Å². The number of aromatic nitrogens is 1. The van der Waals surface area contributed by atoms with E-state index in [9.17, 15) is 9.18 Å². The van der Waals surface area contributed by atoms with Crippen LogP contribution in [-0.4, -0.2) is 23.7 Å². The first-order chi connectivity index (χ1) is 18.1. The summed E-state index contributed by atoms with van der Waals surface area (Å²) < 4.78 is 25.8. The summed E-state index contributed by atoms with van der Waals surface area (Å²) >= 11 is 0. The number of hydrogen-bond donors (Lipinski definition) is 1. The van der Waals surface area contributed by atoms with E-state index in [0.717, 1.165) is 22.4 Å². The van der Waals surface area contributed by atoms with Crippen LogP contribution in [0.4, 0.5) is 4.39 Å². The lowest BCUT2D eigenvalue weighted by molar-refractivity contribution is 0.0955. The Hall–Kier alpha value is -4.78. The number of benzene rings is 3. The maximum Gasteiger partial charge on any atom is 0.271 e. The van der Waals surface area contributed by atoms with Gasteiger partial charge in [0.1, 0.15) is 23.1 Å². The molecule has 1 aliphatic heterocycles. The minimum atomic E-state index is -0.364. The lowest BCUT2D eigenvalue weighted by Gasteiger charge is -2.30. The van der Waals surface area contributed by atoms with Crippen LogP contribution in [0.15, 0.2) is 108 Å². The molecule has 5 rings (SSSR count). The number of nitrogens with one attached hydrogen (secondary N) is 1. The molecule has 1 aliphatic rings. The number of pyridine rings is 1. The van der Waals surface area contributed by atoms with Crippen LogP contribution in [0.1, 0.15) is 39.9 Å². The van der Waals surface area contributed by atoms with Crippen molar-refractivity contribution in [2.45, 2.75) is 12.8 Å². The highest BCUT2D eigenvalue weighted by Crippen LogP contribution is 2.45. The summed E-state index contributed by atoms with van der Waals surface area (Å²) in [5.74, 6) is 1.03. The third-order valence-corrected chi connectivity index (χ3v) is 5.96. The Bertz CT molecular complexity index is 1450. The van der Waals surface area contributed by atoms with Crippen molar-refractivity contribution in [2.75, 3.05) is 6.61 Å². The number of amides is 1. The van der Waals surface area contributed by atoms with Crippen molar-refractivity contribution in [3.8, 4) is 11.5 Å². The van der Waals surface area contributed by atoms with Gasteiger partial charge in [-0.25, -0.2) is 9.82 Å². The van der Waals surface area contributed by atoms with Crippen molar-refractivity contribution >= 4 is 17.9 Å². The molecule has 1 unspecified atom stereocenters. The molecule has 3 aromatic carbocycles. The number of para-hydroxylation sites is 1. The molecule has 184 valence electrons. The van der Waals surface area contributed by atoms with Crippen LogP contribution in [0.25, 0.3) is 5.76 Å². The number of rotatable bonds is 7. The molecule has 1 N–H and O–H groups in total. The van der Waals surface area contributed by atoms with Gasteiger partial charge in [0, 0.05) is 40.6 Å². The number of halogens is 1. The SMILES string of the molecule is CCOc1ccc(C2=C(/C=N/NC(=O)c3ccncc3)C(c3ccc(F)cc3)c3ccccc3O2)cc1. The molecular weight excluding hydrogens is 469 g/mol. The Balaban J connectivity index is 1.60. The summed E-state index contributed by atoms with van der Waals surface area (Å²) in [4.78, 5) is 16.5. The highest BCUT2D eigenvalue weighted by atomic mass is 19.1. The summed E-state index contributed by atoms with van der Waals surface area (Å²) in [6.07, 6.45) is 4.68. The number of carbonyl (C=O) groups excluding carboxylic acids is 1. The number of allylic oxidation sites excluding steroid dienone is 1. The Morgan fingerprint density at radius 3 is 2.49 bits per heavy atom. The van der Waals surface area contributed by atoms with Crippen LogP contribution in [0.5, 0.6) is 11.5 Å². The van der Waals surface area contributed by atoms with Crippen molar-refractivity contribution in [2.24, 2.45) is 5.10 Å². The van der Waals surface area contributed by atoms with Gasteiger partial charge in [0.05, 0.1) is 12.8 Å². The van der Waals surface area contributed by atoms with Gasteiger partial charge in [0.15, 0.2) is 0 Å². The molecule has 7 heteroatoms. The first kappa shape index (κ1) is 23.9. The molecule has 0 spiro atoms. The van der Waals surface area contributed by atoms with Crippen molar-refractivity contribution in [1.82, 2.24) is 10.4 Å². The highest BCUT2D eigenvalue weighted by Gasteiger charge is 2.31. The van der Waals surface area contributed by atoms with E-state index in [4.69, 9.17) is 9.47 Å². The number of nitrogens with zero attached hydrogens (tertiary/aromatic N) is 2. The topological polar surface area (TPSA) is 72.8 Å². The van der Waals surface area contributed by atoms with Gasteiger partial charge in [-0.1, -0.05) is 30.3 Å². The Morgan fingerprint density at radius 1 is 1.03 bits per heavy atom. The fraction of sp³-hybridized carbons (Fsp3) is 0.100. The summed E-state index contributed by atoms with van der Waals surface area (Å²) in [7, 11) is 0. The molecule has 0 aliphatic carbocycles. The maximum atomic E-state index is 13.8. The van der Waals surface area contributed by atoms with Crippen LogP contribution in [0, 0.1) is 5.82 Å². The summed E-state index contributed by atoms with van der Waals surface area (Å²) in [6.45, 7) is 2.49. The standard InChI is InChI=1S/C30H24FN3O3/c1-2-36-24-13-9-21(10-14-24)29-26(19-33-34-30(35)22-15-17-32-18-16-22)28(20-7-11-23(31)12-8-20)25-5-3-4-6-27(25)37-29/h3-19,28H,2H2,1H3,(H,34,35)/b33-19+. The van der Waals surface area contributed by atoms with Gasteiger partial charge in [0.25, 0.3) is 5.91 Å². The van der Waals surface area contributed by atoms with E-state index >= 15 is 0 Å². The molecule has 0 saturated heterocycles. The minimum absolute atomic E-state index is 0.311. The monoisotopic (exact) mass is 493 g/mol. The average molecular weight is 494 g/mol. The van der Waals surface area contributed by atoms with E-state index in [-0.39, 0.29) is 17.6 Å². The summed E-state index contributed by atoms with van der Waals surface area (Å²) in [6, 6.07) is 24.9. The lowest BCUT2D eigenvalue weighted by Crippen LogP contribution is -2.21. The molecular formula is C30H24FN3O3. The van der Waals surface area contributed by atoms with E-state index in [1.807, 2.05) is 55.5 Å². The van der Waals surface area contributed by atoms with E-state index in [2.05, 4.69) is 15.5 Å². The molecule has 37 heavy (non-hydrogen) atoms. The van der Waals surface area contributed by atoms with Crippen molar-refractivity contribution in [1.29, 1.82) is 0 Å². The Labute approximate surface area is 214 Å².